The molecule has 27 heavy (non-hydrogen) atoms. The van der Waals surface area contributed by atoms with E-state index in [0.717, 1.165) is 31.5 Å². The standard InChI is InChI=1S/C22H25FN2O2/c1-16(15-18-11-5-6-12-19(18)23)21(26)24-20(17-9-3-2-4-10-17)22(27)25-13-7-8-14-25/h2-6,9-12,16,20H,7-8,13-15H2,1H3,(H,24,26)/t16?,20-/m1/s1. The second-order valence-corrected chi connectivity index (χ2v) is 7.08. The quantitative estimate of drug-likeness (QED) is 0.849. The molecule has 2 aromatic rings. The number of rotatable bonds is 6. The topological polar surface area (TPSA) is 49.4 Å². The van der Waals surface area contributed by atoms with Gasteiger partial charge in [0.15, 0.2) is 0 Å². The number of likely N-dealkylation sites (tertiary alicyclic amines) is 1. The number of carbonyl (C=O) groups is 2. The van der Waals surface area contributed by atoms with Crippen molar-refractivity contribution in [1.82, 2.24) is 10.2 Å². The number of benzene rings is 2. The van der Waals surface area contributed by atoms with Crippen molar-refractivity contribution in [3.05, 3.63) is 71.5 Å². The van der Waals surface area contributed by atoms with Crippen LogP contribution in [0.1, 0.15) is 36.9 Å². The molecule has 4 nitrogen and oxygen atoms in total. The lowest BCUT2D eigenvalue weighted by Crippen LogP contribution is -2.43. The number of nitrogens with zero attached hydrogens (tertiary/aromatic N) is 1. The average Bonchev–Trinajstić information content (AvgIpc) is 3.22. The molecule has 2 aromatic carbocycles. The first kappa shape index (κ1) is 19.1. The van der Waals surface area contributed by atoms with Crippen LogP contribution in [0.3, 0.4) is 0 Å². The molecule has 0 bridgehead atoms. The molecule has 0 aromatic heterocycles. The average molecular weight is 368 g/mol. The van der Waals surface area contributed by atoms with Crippen LogP contribution in [0.2, 0.25) is 0 Å². The third kappa shape index (κ3) is 4.73. The minimum atomic E-state index is -0.708. The van der Waals surface area contributed by atoms with Gasteiger partial charge in [-0.2, -0.15) is 0 Å². The Morgan fingerprint density at radius 1 is 1.04 bits per heavy atom. The van der Waals surface area contributed by atoms with Crippen LogP contribution < -0.4 is 5.32 Å². The zero-order valence-corrected chi connectivity index (χ0v) is 15.5. The molecule has 1 N–H and O–H groups in total. The maximum absolute atomic E-state index is 13.9. The molecule has 142 valence electrons. The molecule has 0 aliphatic carbocycles. The fourth-order valence-electron chi connectivity index (χ4n) is 3.42. The minimum Gasteiger partial charge on any atom is -0.341 e. The molecule has 0 saturated carbocycles. The number of halogens is 1. The van der Waals surface area contributed by atoms with Crippen molar-refractivity contribution in [3.8, 4) is 0 Å². The van der Waals surface area contributed by atoms with Gasteiger partial charge < -0.3 is 10.2 Å². The van der Waals surface area contributed by atoms with Crippen molar-refractivity contribution >= 4 is 11.8 Å². The lowest BCUT2D eigenvalue weighted by Gasteiger charge is -2.25. The monoisotopic (exact) mass is 368 g/mol. The zero-order valence-electron chi connectivity index (χ0n) is 15.5. The normalized spacial score (nSPS) is 16.0. The van der Waals surface area contributed by atoms with Gasteiger partial charge in [0, 0.05) is 19.0 Å². The highest BCUT2D eigenvalue weighted by molar-refractivity contribution is 5.89. The van der Waals surface area contributed by atoms with Crippen LogP contribution in [0.5, 0.6) is 0 Å². The summed E-state index contributed by atoms with van der Waals surface area (Å²) in [6, 6.07) is 15.0. The van der Waals surface area contributed by atoms with Gasteiger partial charge in [-0.3, -0.25) is 9.59 Å². The molecule has 0 spiro atoms. The molecule has 1 unspecified atom stereocenters. The molecule has 3 rings (SSSR count). The first-order valence-corrected chi connectivity index (χ1v) is 9.44. The third-order valence-corrected chi connectivity index (χ3v) is 5.02. The summed E-state index contributed by atoms with van der Waals surface area (Å²) in [4.78, 5) is 27.5. The van der Waals surface area contributed by atoms with Gasteiger partial charge >= 0.3 is 0 Å². The van der Waals surface area contributed by atoms with E-state index in [1.807, 2.05) is 30.3 Å². The number of amides is 2. The summed E-state index contributed by atoms with van der Waals surface area (Å²) in [5.41, 5.74) is 1.27. The third-order valence-electron chi connectivity index (χ3n) is 5.02. The second kappa shape index (κ2) is 8.80. The number of nitrogens with one attached hydrogen (secondary N) is 1. The highest BCUT2D eigenvalue weighted by Gasteiger charge is 2.30. The van der Waals surface area contributed by atoms with Crippen molar-refractivity contribution in [2.45, 2.75) is 32.2 Å². The van der Waals surface area contributed by atoms with Gasteiger partial charge in [0.2, 0.25) is 11.8 Å². The highest BCUT2D eigenvalue weighted by atomic mass is 19.1. The molecule has 1 aliphatic heterocycles. The lowest BCUT2D eigenvalue weighted by molar-refractivity contribution is -0.136. The van der Waals surface area contributed by atoms with Crippen molar-refractivity contribution in [3.63, 3.8) is 0 Å². The molecule has 0 radical (unpaired) electrons. The van der Waals surface area contributed by atoms with Crippen molar-refractivity contribution in [2.24, 2.45) is 5.92 Å². The predicted molar refractivity (Wildman–Crippen MR) is 102 cm³/mol. The Hall–Kier alpha value is -2.69. The van der Waals surface area contributed by atoms with Crippen molar-refractivity contribution in [1.29, 1.82) is 0 Å². The minimum absolute atomic E-state index is 0.0786. The van der Waals surface area contributed by atoms with Crippen LogP contribution >= 0.6 is 0 Å². The van der Waals surface area contributed by atoms with Crippen LogP contribution in [-0.4, -0.2) is 29.8 Å². The van der Waals surface area contributed by atoms with Crippen molar-refractivity contribution < 1.29 is 14.0 Å². The molecular formula is C22H25FN2O2. The Morgan fingerprint density at radius 3 is 2.33 bits per heavy atom. The lowest BCUT2D eigenvalue weighted by atomic mass is 9.98. The van der Waals surface area contributed by atoms with E-state index in [4.69, 9.17) is 0 Å². The van der Waals surface area contributed by atoms with E-state index >= 15 is 0 Å². The number of hydrogen-bond donors (Lipinski definition) is 1. The summed E-state index contributed by atoms with van der Waals surface area (Å²) >= 11 is 0. The van der Waals surface area contributed by atoms with E-state index in [0.29, 0.717) is 5.56 Å². The molecule has 5 heteroatoms. The maximum atomic E-state index is 13.9. The van der Waals surface area contributed by atoms with E-state index in [2.05, 4.69) is 5.32 Å². The van der Waals surface area contributed by atoms with Gasteiger partial charge in [-0.15, -0.1) is 0 Å². The Morgan fingerprint density at radius 2 is 1.67 bits per heavy atom. The van der Waals surface area contributed by atoms with Gasteiger partial charge in [0.25, 0.3) is 0 Å². The molecule has 1 saturated heterocycles. The molecule has 1 fully saturated rings. The first-order chi connectivity index (χ1) is 13.1. The van der Waals surface area contributed by atoms with Crippen LogP contribution in [0.25, 0.3) is 0 Å². The van der Waals surface area contributed by atoms with Crippen LogP contribution in [0.15, 0.2) is 54.6 Å². The Bertz CT molecular complexity index is 788. The Balaban J connectivity index is 1.73. The molecular weight excluding hydrogens is 343 g/mol. The van der Waals surface area contributed by atoms with E-state index in [1.165, 1.54) is 6.07 Å². The summed E-state index contributed by atoms with van der Waals surface area (Å²) < 4.78 is 13.9. The van der Waals surface area contributed by atoms with Gasteiger partial charge in [-0.1, -0.05) is 55.5 Å². The SMILES string of the molecule is CC(Cc1ccccc1F)C(=O)N[C@@H](C(=O)N1CCCC1)c1ccccc1. The molecule has 1 aliphatic rings. The fourth-order valence-corrected chi connectivity index (χ4v) is 3.42. The molecule has 2 amide bonds. The fraction of sp³-hybridized carbons (Fsp3) is 0.364. The van der Waals surface area contributed by atoms with Gasteiger partial charge in [0.05, 0.1) is 0 Å². The summed E-state index contributed by atoms with van der Waals surface area (Å²) in [6.45, 7) is 3.20. The summed E-state index contributed by atoms with van der Waals surface area (Å²) in [6.07, 6.45) is 2.27. The summed E-state index contributed by atoms with van der Waals surface area (Å²) in [5.74, 6) is -1.09. The zero-order chi connectivity index (χ0) is 19.2. The number of hydrogen-bond acceptors (Lipinski definition) is 2. The maximum Gasteiger partial charge on any atom is 0.249 e. The molecule has 1 heterocycles. The van der Waals surface area contributed by atoms with Gasteiger partial charge in [-0.05, 0) is 36.5 Å². The first-order valence-electron chi connectivity index (χ1n) is 9.44. The molecule has 2 atom stereocenters. The smallest absolute Gasteiger partial charge is 0.249 e. The van der Waals surface area contributed by atoms with Gasteiger partial charge in [-0.25, -0.2) is 4.39 Å². The number of carbonyl (C=O) groups excluding carboxylic acids is 2. The van der Waals surface area contributed by atoms with Crippen molar-refractivity contribution in [2.75, 3.05) is 13.1 Å². The second-order valence-electron chi connectivity index (χ2n) is 7.08. The largest absolute Gasteiger partial charge is 0.341 e. The van der Waals surface area contributed by atoms with E-state index < -0.39 is 12.0 Å². The van der Waals surface area contributed by atoms with Crippen LogP contribution in [0.4, 0.5) is 4.39 Å². The summed E-state index contributed by atoms with van der Waals surface area (Å²) in [7, 11) is 0. The summed E-state index contributed by atoms with van der Waals surface area (Å²) in [5, 5.41) is 2.90. The van der Waals surface area contributed by atoms with E-state index in [1.54, 1.807) is 30.0 Å². The Labute approximate surface area is 159 Å². The van der Waals surface area contributed by atoms with Crippen LogP contribution in [0, 0.1) is 11.7 Å². The van der Waals surface area contributed by atoms with E-state index in [-0.39, 0.29) is 24.1 Å². The Kier molecular flexibility index (Phi) is 6.22. The predicted octanol–water partition coefficient (Wildman–Crippen LogP) is 3.48. The van der Waals surface area contributed by atoms with Gasteiger partial charge in [0.1, 0.15) is 11.9 Å². The van der Waals surface area contributed by atoms with Crippen LogP contribution in [-0.2, 0) is 16.0 Å². The highest BCUT2D eigenvalue weighted by Crippen LogP contribution is 2.21. The van der Waals surface area contributed by atoms with E-state index in [9.17, 15) is 14.0 Å².